The highest BCUT2D eigenvalue weighted by atomic mass is 35.5. The van der Waals surface area contributed by atoms with Crippen LogP contribution in [-0.4, -0.2) is 43.5 Å². The van der Waals surface area contributed by atoms with Crippen LogP contribution in [0.4, 0.5) is 0 Å². The second-order valence-electron chi connectivity index (χ2n) is 4.76. The van der Waals surface area contributed by atoms with Gasteiger partial charge in [0.25, 0.3) is 0 Å². The molecule has 0 aliphatic heterocycles. The summed E-state index contributed by atoms with van der Waals surface area (Å²) in [6.45, 7) is 2.80. The van der Waals surface area contributed by atoms with Crippen molar-refractivity contribution in [1.29, 1.82) is 0 Å². The molecule has 6 heteroatoms. The summed E-state index contributed by atoms with van der Waals surface area (Å²) >= 11 is 0. The van der Waals surface area contributed by atoms with E-state index in [-0.39, 0.29) is 42.7 Å². The molecule has 0 aromatic heterocycles. The van der Waals surface area contributed by atoms with Crippen LogP contribution in [0, 0.1) is 5.92 Å². The fraction of sp³-hybridized carbons (Fsp3) is 0.909. The molecule has 0 radical (unpaired) electrons. The highest BCUT2D eigenvalue weighted by Crippen LogP contribution is 2.23. The quantitative estimate of drug-likeness (QED) is 0.811. The number of carbonyl (C=O) groups is 1. The SMILES string of the molecule is CC(CNC(=O)C1CCCC1N)N(C)C.Cl.Cl. The lowest BCUT2D eigenvalue weighted by Gasteiger charge is -2.22. The Morgan fingerprint density at radius 2 is 2.00 bits per heavy atom. The van der Waals surface area contributed by atoms with Gasteiger partial charge in [-0.25, -0.2) is 0 Å². The van der Waals surface area contributed by atoms with Crippen LogP contribution in [0.1, 0.15) is 26.2 Å². The van der Waals surface area contributed by atoms with Crippen molar-refractivity contribution in [3.8, 4) is 0 Å². The molecule has 1 aliphatic rings. The molecule has 0 heterocycles. The fourth-order valence-electron chi connectivity index (χ4n) is 1.88. The van der Waals surface area contributed by atoms with E-state index in [0.29, 0.717) is 12.6 Å². The van der Waals surface area contributed by atoms with Crippen molar-refractivity contribution in [3.63, 3.8) is 0 Å². The van der Waals surface area contributed by atoms with Gasteiger partial charge in [0.05, 0.1) is 5.92 Å². The average Bonchev–Trinajstić information content (AvgIpc) is 2.60. The zero-order chi connectivity index (χ0) is 11.4. The zero-order valence-corrected chi connectivity index (χ0v) is 12.4. The number of nitrogens with zero attached hydrogens (tertiary/aromatic N) is 1. The van der Waals surface area contributed by atoms with E-state index in [0.717, 1.165) is 19.3 Å². The summed E-state index contributed by atoms with van der Waals surface area (Å²) in [5.74, 6) is 0.174. The largest absolute Gasteiger partial charge is 0.354 e. The Hall–Kier alpha value is -0.0300. The van der Waals surface area contributed by atoms with E-state index in [1.165, 1.54) is 0 Å². The van der Waals surface area contributed by atoms with Gasteiger partial charge in [-0.15, -0.1) is 24.8 Å². The average molecular weight is 286 g/mol. The standard InChI is InChI=1S/C11H23N3O.2ClH/c1-8(14(2)3)7-13-11(15)9-5-4-6-10(9)12;;/h8-10H,4-7,12H2,1-3H3,(H,13,15);2*1H. The summed E-state index contributed by atoms with van der Waals surface area (Å²) < 4.78 is 0. The molecule has 1 fully saturated rings. The van der Waals surface area contributed by atoms with E-state index < -0.39 is 0 Å². The van der Waals surface area contributed by atoms with Crippen molar-refractivity contribution in [2.24, 2.45) is 11.7 Å². The van der Waals surface area contributed by atoms with Crippen molar-refractivity contribution < 1.29 is 4.79 Å². The van der Waals surface area contributed by atoms with Crippen molar-refractivity contribution >= 4 is 30.7 Å². The highest BCUT2D eigenvalue weighted by Gasteiger charge is 2.30. The van der Waals surface area contributed by atoms with E-state index in [1.54, 1.807) is 0 Å². The van der Waals surface area contributed by atoms with Gasteiger partial charge < -0.3 is 16.0 Å². The molecular formula is C11H25Cl2N3O. The minimum Gasteiger partial charge on any atom is -0.354 e. The lowest BCUT2D eigenvalue weighted by atomic mass is 10.0. The molecule has 0 spiro atoms. The third-order valence-corrected chi connectivity index (χ3v) is 3.36. The number of likely N-dealkylation sites (N-methyl/N-ethyl adjacent to an activating group) is 1. The molecule has 17 heavy (non-hydrogen) atoms. The molecular weight excluding hydrogens is 261 g/mol. The Balaban J connectivity index is 0. The van der Waals surface area contributed by atoms with Crippen LogP contribution in [0.2, 0.25) is 0 Å². The Labute approximate surface area is 117 Å². The predicted octanol–water partition coefficient (Wildman–Crippen LogP) is 1.02. The maximum Gasteiger partial charge on any atom is 0.224 e. The fourth-order valence-corrected chi connectivity index (χ4v) is 1.88. The molecule has 0 aromatic rings. The Morgan fingerprint density at radius 3 is 2.41 bits per heavy atom. The van der Waals surface area contributed by atoms with Crippen molar-refractivity contribution in [2.75, 3.05) is 20.6 Å². The molecule has 1 amide bonds. The first-order valence-electron chi connectivity index (χ1n) is 5.72. The number of amides is 1. The maximum atomic E-state index is 11.8. The van der Waals surface area contributed by atoms with E-state index in [4.69, 9.17) is 5.73 Å². The smallest absolute Gasteiger partial charge is 0.224 e. The van der Waals surface area contributed by atoms with Crippen LogP contribution in [0.3, 0.4) is 0 Å². The number of halogens is 2. The van der Waals surface area contributed by atoms with Gasteiger partial charge in [0.1, 0.15) is 0 Å². The first-order valence-corrected chi connectivity index (χ1v) is 5.72. The third-order valence-electron chi connectivity index (χ3n) is 3.36. The van der Waals surface area contributed by atoms with Crippen molar-refractivity contribution in [2.45, 2.75) is 38.3 Å². The summed E-state index contributed by atoms with van der Waals surface area (Å²) in [6, 6.07) is 0.436. The third kappa shape index (κ3) is 5.91. The first kappa shape index (κ1) is 19.3. The van der Waals surface area contributed by atoms with Gasteiger partial charge in [-0.05, 0) is 33.9 Å². The molecule has 3 unspecified atom stereocenters. The van der Waals surface area contributed by atoms with E-state index in [2.05, 4.69) is 17.1 Å². The summed E-state index contributed by atoms with van der Waals surface area (Å²) in [7, 11) is 4.02. The lowest BCUT2D eigenvalue weighted by molar-refractivity contribution is -0.125. The maximum absolute atomic E-state index is 11.8. The first-order chi connectivity index (χ1) is 7.02. The Bertz CT molecular complexity index is 227. The topological polar surface area (TPSA) is 58.4 Å². The molecule has 1 aliphatic carbocycles. The summed E-state index contributed by atoms with van der Waals surface area (Å²) in [6.07, 6.45) is 3.02. The minimum atomic E-state index is 0. The van der Waals surface area contributed by atoms with Crippen LogP contribution < -0.4 is 11.1 Å². The number of nitrogens with two attached hydrogens (primary N) is 1. The van der Waals surface area contributed by atoms with Gasteiger partial charge in [-0.1, -0.05) is 6.42 Å². The second-order valence-corrected chi connectivity index (χ2v) is 4.76. The Morgan fingerprint density at radius 1 is 1.41 bits per heavy atom. The number of carbonyl (C=O) groups excluding carboxylic acids is 1. The van der Waals surface area contributed by atoms with E-state index in [9.17, 15) is 4.79 Å². The van der Waals surface area contributed by atoms with E-state index in [1.807, 2.05) is 14.1 Å². The molecule has 0 bridgehead atoms. The molecule has 1 rings (SSSR count). The van der Waals surface area contributed by atoms with Gasteiger partial charge in [0, 0.05) is 18.6 Å². The second kappa shape index (κ2) is 8.97. The molecule has 1 saturated carbocycles. The normalized spacial score (nSPS) is 24.8. The number of hydrogen-bond donors (Lipinski definition) is 2. The number of rotatable bonds is 4. The van der Waals surface area contributed by atoms with Gasteiger partial charge in [-0.2, -0.15) is 0 Å². The van der Waals surface area contributed by atoms with Crippen LogP contribution in [0.5, 0.6) is 0 Å². The monoisotopic (exact) mass is 285 g/mol. The van der Waals surface area contributed by atoms with Gasteiger partial charge in [0.2, 0.25) is 5.91 Å². The van der Waals surface area contributed by atoms with Crippen LogP contribution in [0.25, 0.3) is 0 Å². The zero-order valence-electron chi connectivity index (χ0n) is 10.8. The van der Waals surface area contributed by atoms with Crippen molar-refractivity contribution in [3.05, 3.63) is 0 Å². The summed E-state index contributed by atoms with van der Waals surface area (Å²) in [5, 5.41) is 2.98. The summed E-state index contributed by atoms with van der Waals surface area (Å²) in [5.41, 5.74) is 5.87. The summed E-state index contributed by atoms with van der Waals surface area (Å²) in [4.78, 5) is 13.9. The highest BCUT2D eigenvalue weighted by molar-refractivity contribution is 5.85. The molecule has 0 aromatic carbocycles. The molecule has 3 atom stereocenters. The van der Waals surface area contributed by atoms with E-state index >= 15 is 0 Å². The van der Waals surface area contributed by atoms with Gasteiger partial charge in [0.15, 0.2) is 0 Å². The molecule has 4 nitrogen and oxygen atoms in total. The lowest BCUT2D eigenvalue weighted by Crippen LogP contribution is -2.43. The van der Waals surface area contributed by atoms with Crippen molar-refractivity contribution in [1.82, 2.24) is 10.2 Å². The van der Waals surface area contributed by atoms with Crippen LogP contribution in [0.15, 0.2) is 0 Å². The predicted molar refractivity (Wildman–Crippen MR) is 76.0 cm³/mol. The van der Waals surface area contributed by atoms with Gasteiger partial charge in [-0.3, -0.25) is 4.79 Å². The molecule has 0 saturated heterocycles. The number of hydrogen-bond acceptors (Lipinski definition) is 3. The van der Waals surface area contributed by atoms with Crippen LogP contribution in [-0.2, 0) is 4.79 Å². The molecule has 3 N–H and O–H groups in total. The van der Waals surface area contributed by atoms with Gasteiger partial charge >= 0.3 is 0 Å². The molecule has 104 valence electrons. The minimum absolute atomic E-state index is 0. The number of nitrogens with one attached hydrogen (secondary N) is 1. The Kier molecular flexibility index (Phi) is 10.2. The van der Waals surface area contributed by atoms with Crippen LogP contribution >= 0.6 is 24.8 Å².